The fourth-order valence-electron chi connectivity index (χ4n) is 1.58. The number of nitrogens with one attached hydrogen (secondary N) is 1. The van der Waals surface area contributed by atoms with Crippen molar-refractivity contribution in [1.82, 2.24) is 9.36 Å². The van der Waals surface area contributed by atoms with Crippen molar-refractivity contribution in [3.05, 3.63) is 18.2 Å². The van der Waals surface area contributed by atoms with Crippen LogP contribution in [0.4, 0.5) is 5.13 Å². The van der Waals surface area contributed by atoms with Gasteiger partial charge in [0.25, 0.3) is 0 Å². The van der Waals surface area contributed by atoms with Crippen molar-refractivity contribution in [1.29, 1.82) is 0 Å². The molecule has 0 saturated carbocycles. The van der Waals surface area contributed by atoms with E-state index in [0.29, 0.717) is 11.9 Å². The molecule has 0 amide bonds. The Labute approximate surface area is 116 Å². The lowest BCUT2D eigenvalue weighted by Gasteiger charge is -2.06. The van der Waals surface area contributed by atoms with Crippen LogP contribution >= 0.6 is 11.5 Å². The Hall–Kier alpha value is -1.82. The summed E-state index contributed by atoms with van der Waals surface area (Å²) in [6.45, 7) is 4.13. The highest BCUT2D eigenvalue weighted by Gasteiger charge is 2.10. The number of rotatable bonds is 5. The van der Waals surface area contributed by atoms with Gasteiger partial charge in [0.2, 0.25) is 5.13 Å². The summed E-state index contributed by atoms with van der Waals surface area (Å²) in [7, 11) is 3.25. The predicted octanol–water partition coefficient (Wildman–Crippen LogP) is 3.04. The van der Waals surface area contributed by atoms with E-state index in [-0.39, 0.29) is 0 Å². The lowest BCUT2D eigenvalue weighted by Crippen LogP contribution is -2.08. The number of hydrogen-bond donors (Lipinski definition) is 1. The minimum absolute atomic E-state index is 0.334. The maximum Gasteiger partial charge on any atom is 0.203 e. The van der Waals surface area contributed by atoms with E-state index in [1.807, 2.05) is 18.2 Å². The van der Waals surface area contributed by atoms with Gasteiger partial charge in [0.1, 0.15) is 11.5 Å². The van der Waals surface area contributed by atoms with Crippen molar-refractivity contribution < 1.29 is 9.47 Å². The van der Waals surface area contributed by atoms with Gasteiger partial charge in [-0.1, -0.05) is 0 Å². The van der Waals surface area contributed by atoms with Gasteiger partial charge in [-0.2, -0.15) is 9.36 Å². The number of hydrogen-bond acceptors (Lipinski definition) is 6. The molecule has 0 aliphatic rings. The Morgan fingerprint density at radius 1 is 1.11 bits per heavy atom. The van der Waals surface area contributed by atoms with Crippen LogP contribution < -0.4 is 14.8 Å². The summed E-state index contributed by atoms with van der Waals surface area (Å²) >= 11 is 1.35. The second-order valence-electron chi connectivity index (χ2n) is 4.32. The average molecular weight is 279 g/mol. The number of aromatic nitrogens is 2. The summed E-state index contributed by atoms with van der Waals surface area (Å²) in [5.74, 6) is 2.12. The summed E-state index contributed by atoms with van der Waals surface area (Å²) in [5.41, 5.74) is 0.879. The highest BCUT2D eigenvalue weighted by Crippen LogP contribution is 2.29. The SMILES string of the molecule is COc1cc(OC)cc(-c2nsc(NC(C)C)n2)c1. The molecule has 5 nitrogen and oxygen atoms in total. The lowest BCUT2D eigenvalue weighted by molar-refractivity contribution is 0.394. The average Bonchev–Trinajstić information content (AvgIpc) is 2.85. The van der Waals surface area contributed by atoms with Gasteiger partial charge in [-0.15, -0.1) is 0 Å². The first-order valence-corrected chi connectivity index (χ1v) is 6.73. The van der Waals surface area contributed by atoms with Crippen molar-refractivity contribution in [2.45, 2.75) is 19.9 Å². The minimum Gasteiger partial charge on any atom is -0.497 e. The zero-order valence-corrected chi connectivity index (χ0v) is 12.2. The second-order valence-corrected chi connectivity index (χ2v) is 5.08. The first-order valence-electron chi connectivity index (χ1n) is 5.96. The van der Waals surface area contributed by atoms with E-state index >= 15 is 0 Å². The Kier molecular flexibility index (Phi) is 4.21. The van der Waals surface area contributed by atoms with Crippen LogP contribution in [-0.2, 0) is 0 Å². The number of benzene rings is 1. The molecule has 0 aliphatic heterocycles. The van der Waals surface area contributed by atoms with Crippen LogP contribution in [0.2, 0.25) is 0 Å². The fraction of sp³-hybridized carbons (Fsp3) is 0.385. The number of methoxy groups -OCH3 is 2. The molecule has 6 heteroatoms. The minimum atomic E-state index is 0.334. The molecule has 0 spiro atoms. The van der Waals surface area contributed by atoms with Gasteiger partial charge < -0.3 is 14.8 Å². The van der Waals surface area contributed by atoms with E-state index in [4.69, 9.17) is 9.47 Å². The summed E-state index contributed by atoms with van der Waals surface area (Å²) in [5, 5.41) is 4.05. The molecule has 0 saturated heterocycles. The van der Waals surface area contributed by atoms with Gasteiger partial charge in [-0.25, -0.2) is 0 Å². The Balaban J connectivity index is 2.32. The van der Waals surface area contributed by atoms with Gasteiger partial charge >= 0.3 is 0 Å². The molecule has 0 unspecified atom stereocenters. The lowest BCUT2D eigenvalue weighted by atomic mass is 10.2. The van der Waals surface area contributed by atoms with Gasteiger partial charge in [0.15, 0.2) is 5.82 Å². The van der Waals surface area contributed by atoms with Crippen molar-refractivity contribution in [3.8, 4) is 22.9 Å². The monoisotopic (exact) mass is 279 g/mol. The quantitative estimate of drug-likeness (QED) is 0.911. The van der Waals surface area contributed by atoms with Gasteiger partial charge in [-0.3, -0.25) is 0 Å². The summed E-state index contributed by atoms with van der Waals surface area (Å²) in [6.07, 6.45) is 0. The zero-order valence-electron chi connectivity index (χ0n) is 11.4. The molecule has 1 aromatic carbocycles. The van der Waals surface area contributed by atoms with Crippen LogP contribution in [0.25, 0.3) is 11.4 Å². The van der Waals surface area contributed by atoms with Gasteiger partial charge in [0, 0.05) is 29.2 Å². The first kappa shape index (κ1) is 13.6. The Morgan fingerprint density at radius 3 is 2.26 bits per heavy atom. The van der Waals surface area contributed by atoms with Crippen LogP contribution in [0.3, 0.4) is 0 Å². The number of ether oxygens (including phenoxy) is 2. The summed E-state index contributed by atoms with van der Waals surface area (Å²) in [6, 6.07) is 5.94. The predicted molar refractivity (Wildman–Crippen MR) is 77.2 cm³/mol. The van der Waals surface area contributed by atoms with Gasteiger partial charge in [0.05, 0.1) is 14.2 Å². The molecule has 1 aromatic heterocycles. The van der Waals surface area contributed by atoms with Crippen LogP contribution in [0, 0.1) is 0 Å². The highest BCUT2D eigenvalue weighted by atomic mass is 32.1. The van der Waals surface area contributed by atoms with Gasteiger partial charge in [-0.05, 0) is 26.0 Å². The first-order chi connectivity index (χ1) is 9.12. The van der Waals surface area contributed by atoms with E-state index in [2.05, 4.69) is 28.5 Å². The van der Waals surface area contributed by atoms with Crippen molar-refractivity contribution in [3.63, 3.8) is 0 Å². The second kappa shape index (κ2) is 5.88. The topological polar surface area (TPSA) is 56.3 Å². The molecule has 1 N–H and O–H groups in total. The fourth-order valence-corrected chi connectivity index (χ4v) is 2.32. The molecule has 1 heterocycles. The van der Waals surface area contributed by atoms with E-state index < -0.39 is 0 Å². The van der Waals surface area contributed by atoms with Crippen LogP contribution in [-0.4, -0.2) is 29.6 Å². The van der Waals surface area contributed by atoms with E-state index in [1.165, 1.54) is 11.5 Å². The molecule has 19 heavy (non-hydrogen) atoms. The largest absolute Gasteiger partial charge is 0.497 e. The molecule has 0 aliphatic carbocycles. The third-order valence-electron chi connectivity index (χ3n) is 2.45. The standard InChI is InChI=1S/C13H17N3O2S/c1-8(2)14-13-15-12(16-19-13)9-5-10(17-3)7-11(6-9)18-4/h5-8H,1-4H3,(H,14,15,16). The van der Waals surface area contributed by atoms with Crippen molar-refractivity contribution in [2.24, 2.45) is 0 Å². The normalized spacial score (nSPS) is 10.6. The highest BCUT2D eigenvalue weighted by molar-refractivity contribution is 7.09. The number of anilines is 1. The summed E-state index contributed by atoms with van der Waals surface area (Å²) in [4.78, 5) is 4.46. The third kappa shape index (κ3) is 3.35. The van der Waals surface area contributed by atoms with Crippen LogP contribution in [0.15, 0.2) is 18.2 Å². The molecular formula is C13H17N3O2S. The molecule has 102 valence electrons. The smallest absolute Gasteiger partial charge is 0.203 e. The van der Waals surface area contributed by atoms with Crippen LogP contribution in [0.1, 0.15) is 13.8 Å². The van der Waals surface area contributed by atoms with E-state index in [9.17, 15) is 0 Å². The summed E-state index contributed by atoms with van der Waals surface area (Å²) < 4.78 is 14.8. The molecule has 0 fully saturated rings. The molecule has 0 bridgehead atoms. The maximum absolute atomic E-state index is 5.24. The van der Waals surface area contributed by atoms with Crippen molar-refractivity contribution >= 4 is 16.7 Å². The van der Waals surface area contributed by atoms with E-state index in [0.717, 1.165) is 22.2 Å². The molecule has 0 radical (unpaired) electrons. The third-order valence-corrected chi connectivity index (χ3v) is 3.09. The maximum atomic E-state index is 5.24. The Bertz CT molecular complexity index is 532. The van der Waals surface area contributed by atoms with Crippen molar-refractivity contribution in [2.75, 3.05) is 19.5 Å². The van der Waals surface area contributed by atoms with E-state index in [1.54, 1.807) is 14.2 Å². The van der Waals surface area contributed by atoms with Crippen LogP contribution in [0.5, 0.6) is 11.5 Å². The Morgan fingerprint density at radius 2 is 1.74 bits per heavy atom. The molecular weight excluding hydrogens is 262 g/mol. The molecule has 2 aromatic rings. The molecule has 0 atom stereocenters. The zero-order chi connectivity index (χ0) is 13.8. The number of nitrogens with zero attached hydrogens (tertiary/aromatic N) is 2. The molecule has 2 rings (SSSR count).